The van der Waals surface area contributed by atoms with Gasteiger partial charge in [-0.3, -0.25) is 9.52 Å². The number of nitrogens with one attached hydrogen (secondary N) is 1. The van der Waals surface area contributed by atoms with Crippen LogP contribution in [0.2, 0.25) is 10.0 Å². The van der Waals surface area contributed by atoms with E-state index < -0.39 is 16.1 Å². The van der Waals surface area contributed by atoms with Gasteiger partial charge in [-0.2, -0.15) is 0 Å². The number of anilines is 2. The molecule has 0 unspecified atom stereocenters. The van der Waals surface area contributed by atoms with Crippen LogP contribution in [0.5, 0.6) is 5.75 Å². The van der Waals surface area contributed by atoms with Gasteiger partial charge in [0.25, 0.3) is 15.9 Å². The Morgan fingerprint density at radius 1 is 1.15 bits per heavy atom. The summed E-state index contributed by atoms with van der Waals surface area (Å²) in [5.41, 5.74) is 0.768. The zero-order chi connectivity index (χ0) is 24.3. The SMILES string of the molecule is C[C@@H](Oc1cccc(Cl)c1Cl)C(=O)N1CCN(c2cccc(S(=O)(=O)Nc3nccs3)c2)CC1. The third-order valence-corrected chi connectivity index (χ3v) is 8.26. The molecule has 0 radical (unpaired) electrons. The molecular weight excluding hydrogens is 519 g/mol. The standard InChI is InChI=1S/C22H22Cl2N4O4S2/c1-15(32-19-7-3-6-18(23)20(19)24)21(29)28-11-9-27(10-12-28)16-4-2-5-17(14-16)34(30,31)26-22-25-8-13-33-22/h2-8,13-15H,9-12H2,1H3,(H,25,26)/t15-/m1/s1. The summed E-state index contributed by atoms with van der Waals surface area (Å²) in [5.74, 6) is 0.206. The summed E-state index contributed by atoms with van der Waals surface area (Å²) < 4.78 is 33.6. The van der Waals surface area contributed by atoms with Crippen LogP contribution < -0.4 is 14.4 Å². The average Bonchev–Trinajstić information content (AvgIpc) is 3.34. The zero-order valence-electron chi connectivity index (χ0n) is 18.1. The lowest BCUT2D eigenvalue weighted by Crippen LogP contribution is -2.52. The largest absolute Gasteiger partial charge is 0.479 e. The van der Waals surface area contributed by atoms with Crippen molar-refractivity contribution in [3.63, 3.8) is 0 Å². The van der Waals surface area contributed by atoms with E-state index in [1.807, 2.05) is 11.0 Å². The van der Waals surface area contributed by atoms with Gasteiger partial charge in [-0.15, -0.1) is 11.3 Å². The topological polar surface area (TPSA) is 91.8 Å². The third kappa shape index (κ3) is 5.57. The van der Waals surface area contributed by atoms with E-state index in [0.717, 1.165) is 5.69 Å². The van der Waals surface area contributed by atoms with Gasteiger partial charge >= 0.3 is 0 Å². The first-order valence-corrected chi connectivity index (χ1v) is 13.5. The molecule has 2 heterocycles. The van der Waals surface area contributed by atoms with Gasteiger partial charge in [0, 0.05) is 43.4 Å². The van der Waals surface area contributed by atoms with Crippen molar-refractivity contribution >= 4 is 61.3 Å². The number of sulfonamides is 1. The second kappa shape index (κ2) is 10.4. The molecule has 2 aromatic carbocycles. The lowest BCUT2D eigenvalue weighted by atomic mass is 10.2. The van der Waals surface area contributed by atoms with Crippen LogP contribution in [-0.4, -0.2) is 56.5 Å². The predicted octanol–water partition coefficient (Wildman–Crippen LogP) is 4.37. The number of carbonyl (C=O) groups excluding carboxylic acids is 1. The monoisotopic (exact) mass is 540 g/mol. The maximum atomic E-state index is 12.9. The van der Waals surface area contributed by atoms with Crippen molar-refractivity contribution in [2.45, 2.75) is 17.9 Å². The highest BCUT2D eigenvalue weighted by Gasteiger charge is 2.27. The molecule has 12 heteroatoms. The Bertz CT molecular complexity index is 1260. The summed E-state index contributed by atoms with van der Waals surface area (Å²) in [5, 5.41) is 2.64. The highest BCUT2D eigenvalue weighted by molar-refractivity contribution is 7.93. The first-order valence-electron chi connectivity index (χ1n) is 10.4. The van der Waals surface area contributed by atoms with Gasteiger partial charge < -0.3 is 14.5 Å². The number of carbonyl (C=O) groups is 1. The van der Waals surface area contributed by atoms with Crippen molar-refractivity contribution in [2.24, 2.45) is 0 Å². The molecule has 1 fully saturated rings. The summed E-state index contributed by atoms with van der Waals surface area (Å²) in [7, 11) is -3.75. The predicted molar refractivity (Wildman–Crippen MR) is 135 cm³/mol. The number of halogens is 2. The summed E-state index contributed by atoms with van der Waals surface area (Å²) in [4.78, 5) is 20.8. The third-order valence-electron chi connectivity index (χ3n) is 5.31. The van der Waals surface area contributed by atoms with Crippen molar-refractivity contribution in [1.29, 1.82) is 0 Å². The minimum absolute atomic E-state index is 0.152. The molecule has 1 atom stereocenters. The van der Waals surface area contributed by atoms with Crippen LogP contribution in [0.3, 0.4) is 0 Å². The van der Waals surface area contributed by atoms with Crippen molar-refractivity contribution in [2.75, 3.05) is 35.8 Å². The van der Waals surface area contributed by atoms with E-state index in [-0.39, 0.29) is 15.8 Å². The molecule has 1 N–H and O–H groups in total. The van der Waals surface area contributed by atoms with Gasteiger partial charge in [-0.1, -0.05) is 35.3 Å². The molecule has 1 saturated heterocycles. The van der Waals surface area contributed by atoms with E-state index in [2.05, 4.69) is 9.71 Å². The maximum absolute atomic E-state index is 12.9. The number of piperazine rings is 1. The fourth-order valence-corrected chi connectivity index (χ4v) is 5.72. The van der Waals surface area contributed by atoms with Crippen molar-refractivity contribution < 1.29 is 17.9 Å². The van der Waals surface area contributed by atoms with Crippen molar-refractivity contribution in [1.82, 2.24) is 9.88 Å². The molecule has 1 amide bonds. The number of amides is 1. The Balaban J connectivity index is 1.37. The highest BCUT2D eigenvalue weighted by Crippen LogP contribution is 2.32. The molecule has 1 aliphatic heterocycles. The molecule has 4 rings (SSSR count). The van der Waals surface area contributed by atoms with E-state index >= 15 is 0 Å². The number of hydrogen-bond donors (Lipinski definition) is 1. The number of hydrogen-bond acceptors (Lipinski definition) is 7. The number of nitrogens with zero attached hydrogens (tertiary/aromatic N) is 3. The van der Waals surface area contributed by atoms with Gasteiger partial charge in [-0.05, 0) is 37.3 Å². The molecule has 0 spiro atoms. The van der Waals surface area contributed by atoms with Crippen molar-refractivity contribution in [3.05, 3.63) is 64.1 Å². The van der Waals surface area contributed by atoms with Crippen LogP contribution in [0, 0.1) is 0 Å². The number of rotatable bonds is 7. The maximum Gasteiger partial charge on any atom is 0.263 e. The molecular formula is C22H22Cl2N4O4S2. The Morgan fingerprint density at radius 2 is 1.88 bits per heavy atom. The molecule has 34 heavy (non-hydrogen) atoms. The summed E-state index contributed by atoms with van der Waals surface area (Å²) in [6.07, 6.45) is 0.808. The summed E-state index contributed by atoms with van der Waals surface area (Å²) >= 11 is 13.4. The van der Waals surface area contributed by atoms with Crippen LogP contribution in [0.15, 0.2) is 58.9 Å². The van der Waals surface area contributed by atoms with Crippen LogP contribution in [-0.2, 0) is 14.8 Å². The van der Waals surface area contributed by atoms with Crippen LogP contribution in [0.1, 0.15) is 6.92 Å². The quantitative estimate of drug-likeness (QED) is 0.478. The Labute approximate surface area is 212 Å². The fraction of sp³-hybridized carbons (Fsp3) is 0.273. The molecule has 8 nitrogen and oxygen atoms in total. The Morgan fingerprint density at radius 3 is 2.59 bits per heavy atom. The number of thiazole rings is 1. The minimum Gasteiger partial charge on any atom is -0.479 e. The van der Waals surface area contributed by atoms with Gasteiger partial charge in [0.1, 0.15) is 10.8 Å². The van der Waals surface area contributed by atoms with E-state index in [1.165, 1.54) is 17.5 Å². The Kier molecular flexibility index (Phi) is 7.51. The number of benzene rings is 2. The molecule has 1 aliphatic rings. The van der Waals surface area contributed by atoms with Crippen LogP contribution in [0.25, 0.3) is 0 Å². The zero-order valence-corrected chi connectivity index (χ0v) is 21.3. The van der Waals surface area contributed by atoms with E-state index in [9.17, 15) is 13.2 Å². The van der Waals surface area contributed by atoms with E-state index in [0.29, 0.717) is 42.1 Å². The Hall–Kier alpha value is -2.53. The highest BCUT2D eigenvalue weighted by atomic mass is 35.5. The van der Waals surface area contributed by atoms with Crippen LogP contribution >= 0.6 is 34.5 Å². The molecule has 0 bridgehead atoms. The fourth-order valence-electron chi connectivity index (χ4n) is 3.55. The van der Waals surface area contributed by atoms with Gasteiger partial charge in [0.05, 0.1) is 9.92 Å². The smallest absolute Gasteiger partial charge is 0.263 e. The normalized spacial score (nSPS) is 15.1. The minimum atomic E-state index is -3.75. The molecule has 0 aliphatic carbocycles. The van der Waals surface area contributed by atoms with Crippen molar-refractivity contribution in [3.8, 4) is 5.75 Å². The summed E-state index contributed by atoms with van der Waals surface area (Å²) in [6, 6.07) is 11.7. The van der Waals surface area contributed by atoms with Gasteiger partial charge in [0.15, 0.2) is 11.2 Å². The van der Waals surface area contributed by atoms with Gasteiger partial charge in [-0.25, -0.2) is 13.4 Å². The summed E-state index contributed by atoms with van der Waals surface area (Å²) in [6.45, 7) is 3.74. The lowest BCUT2D eigenvalue weighted by molar-refractivity contribution is -0.138. The van der Waals surface area contributed by atoms with Crippen LogP contribution in [0.4, 0.5) is 10.8 Å². The number of ether oxygens (including phenoxy) is 1. The average molecular weight is 541 g/mol. The second-order valence-electron chi connectivity index (χ2n) is 7.56. The first-order chi connectivity index (χ1) is 16.2. The van der Waals surface area contributed by atoms with E-state index in [1.54, 1.807) is 53.6 Å². The number of aromatic nitrogens is 1. The molecule has 180 valence electrons. The first kappa shape index (κ1) is 24.6. The van der Waals surface area contributed by atoms with E-state index in [4.69, 9.17) is 27.9 Å². The van der Waals surface area contributed by atoms with Gasteiger partial charge in [0.2, 0.25) is 0 Å². The lowest BCUT2D eigenvalue weighted by Gasteiger charge is -2.37. The molecule has 0 saturated carbocycles. The molecule has 1 aromatic heterocycles. The second-order valence-corrected chi connectivity index (χ2v) is 10.9. The molecule has 3 aromatic rings.